The van der Waals surface area contributed by atoms with Gasteiger partial charge in [-0.05, 0) is 6.42 Å². The van der Waals surface area contributed by atoms with E-state index in [1.165, 1.54) is 4.57 Å². The lowest BCUT2D eigenvalue weighted by Gasteiger charge is -2.00. The Hall–Kier alpha value is -1.23. The number of rotatable bonds is 4. The lowest BCUT2D eigenvalue weighted by molar-refractivity contribution is 0.268. The second-order valence-electron chi connectivity index (χ2n) is 2.90. The Bertz CT molecular complexity index is 327. The number of nitrogens with one attached hydrogen (secondary N) is 1. The van der Waals surface area contributed by atoms with Gasteiger partial charge in [-0.25, -0.2) is 4.79 Å². The number of hydrogen-bond donors (Lipinski definition) is 3. The highest BCUT2D eigenvalue weighted by atomic mass is 16.3. The molecule has 5 heteroatoms. The maximum absolute atomic E-state index is 11.2. The molecule has 3 N–H and O–H groups in total. The number of aliphatic hydroxyl groups is 1. The molecule has 1 heterocycles. The predicted molar refractivity (Wildman–Crippen MR) is 47.5 cm³/mol. The summed E-state index contributed by atoms with van der Waals surface area (Å²) < 4.78 is 1.23. The molecule has 0 saturated carbocycles. The van der Waals surface area contributed by atoms with Crippen molar-refractivity contribution in [3.8, 4) is 5.88 Å². The summed E-state index contributed by atoms with van der Waals surface area (Å²) in [5.74, 6) is -0.152. The van der Waals surface area contributed by atoms with Crippen molar-refractivity contribution in [2.45, 2.75) is 32.9 Å². The first kappa shape index (κ1) is 9.85. The van der Waals surface area contributed by atoms with Crippen molar-refractivity contribution in [2.24, 2.45) is 0 Å². The number of aromatic hydroxyl groups is 1. The molecule has 0 aliphatic carbocycles. The largest absolute Gasteiger partial charge is 0.493 e. The number of hydrogen-bond acceptors (Lipinski definition) is 3. The van der Waals surface area contributed by atoms with Crippen LogP contribution in [0.3, 0.4) is 0 Å². The molecule has 0 bridgehead atoms. The van der Waals surface area contributed by atoms with Crippen LogP contribution in [0, 0.1) is 0 Å². The fourth-order valence-electron chi connectivity index (χ4n) is 1.15. The zero-order valence-corrected chi connectivity index (χ0v) is 7.58. The molecule has 5 nitrogen and oxygen atoms in total. The zero-order valence-electron chi connectivity index (χ0n) is 7.58. The molecule has 74 valence electrons. The molecule has 1 aromatic rings. The van der Waals surface area contributed by atoms with E-state index in [1.54, 1.807) is 0 Å². The summed E-state index contributed by atoms with van der Waals surface area (Å²) in [6.45, 7) is 2.14. The SMILES string of the molecule is CCCCn1c(O)c(CO)[nH]c1=O. The van der Waals surface area contributed by atoms with Gasteiger partial charge in [0.25, 0.3) is 0 Å². The average molecular weight is 186 g/mol. The first-order chi connectivity index (χ1) is 6.20. The fourth-order valence-corrected chi connectivity index (χ4v) is 1.15. The van der Waals surface area contributed by atoms with E-state index < -0.39 is 0 Å². The number of nitrogens with zero attached hydrogens (tertiary/aromatic N) is 1. The van der Waals surface area contributed by atoms with Gasteiger partial charge in [0.15, 0.2) is 0 Å². The minimum absolute atomic E-state index is 0.152. The lowest BCUT2D eigenvalue weighted by Crippen LogP contribution is -2.16. The number of aliphatic hydroxyl groups excluding tert-OH is 1. The smallest absolute Gasteiger partial charge is 0.328 e. The highest BCUT2D eigenvalue weighted by molar-refractivity contribution is 5.17. The first-order valence-electron chi connectivity index (χ1n) is 4.32. The van der Waals surface area contributed by atoms with Crippen molar-refractivity contribution in [1.82, 2.24) is 9.55 Å². The molecule has 0 aliphatic heterocycles. The molecular formula is C8H14N2O3. The monoisotopic (exact) mass is 186 g/mol. The van der Waals surface area contributed by atoms with Crippen LogP contribution in [0.1, 0.15) is 25.5 Å². The third kappa shape index (κ3) is 1.92. The average Bonchev–Trinajstić information content (AvgIpc) is 2.39. The van der Waals surface area contributed by atoms with Crippen LogP contribution in [-0.4, -0.2) is 19.8 Å². The lowest BCUT2D eigenvalue weighted by atomic mass is 10.3. The Labute approximate surface area is 75.6 Å². The highest BCUT2D eigenvalue weighted by Gasteiger charge is 2.10. The molecule has 0 amide bonds. The van der Waals surface area contributed by atoms with Gasteiger partial charge in [-0.1, -0.05) is 13.3 Å². The van der Waals surface area contributed by atoms with Gasteiger partial charge in [0, 0.05) is 6.54 Å². The summed E-state index contributed by atoms with van der Waals surface area (Å²) in [6, 6.07) is 0. The third-order valence-corrected chi connectivity index (χ3v) is 1.92. The normalized spacial score (nSPS) is 10.6. The van der Waals surface area contributed by atoms with Crippen LogP contribution >= 0.6 is 0 Å². The van der Waals surface area contributed by atoms with Crippen LogP contribution in [-0.2, 0) is 13.2 Å². The molecule has 0 radical (unpaired) electrons. The number of aromatic amines is 1. The summed E-state index contributed by atoms with van der Waals surface area (Å²) in [4.78, 5) is 13.5. The Morgan fingerprint density at radius 1 is 1.54 bits per heavy atom. The molecule has 1 rings (SSSR count). The summed E-state index contributed by atoms with van der Waals surface area (Å²) >= 11 is 0. The van der Waals surface area contributed by atoms with Crippen LogP contribution in [0.2, 0.25) is 0 Å². The van der Waals surface area contributed by atoms with E-state index in [4.69, 9.17) is 5.11 Å². The first-order valence-corrected chi connectivity index (χ1v) is 4.32. The Kier molecular flexibility index (Phi) is 3.13. The van der Waals surface area contributed by atoms with Gasteiger partial charge in [0.2, 0.25) is 5.88 Å². The summed E-state index contributed by atoms with van der Waals surface area (Å²) in [6.07, 6.45) is 1.78. The van der Waals surface area contributed by atoms with Gasteiger partial charge < -0.3 is 15.2 Å². The molecule has 0 aliphatic rings. The van der Waals surface area contributed by atoms with Crippen LogP contribution in [0.5, 0.6) is 5.88 Å². The maximum atomic E-state index is 11.2. The predicted octanol–water partition coefficient (Wildman–Crippen LogP) is 0.174. The van der Waals surface area contributed by atoms with Gasteiger partial charge in [0.05, 0.1) is 6.61 Å². The van der Waals surface area contributed by atoms with Gasteiger partial charge in [0.1, 0.15) is 5.69 Å². The van der Waals surface area contributed by atoms with E-state index in [0.717, 1.165) is 12.8 Å². The molecule has 0 saturated heterocycles. The highest BCUT2D eigenvalue weighted by Crippen LogP contribution is 2.12. The fraction of sp³-hybridized carbons (Fsp3) is 0.625. The number of H-pyrrole nitrogens is 1. The molecule has 0 spiro atoms. The van der Waals surface area contributed by atoms with E-state index in [1.807, 2.05) is 6.92 Å². The summed E-state index contributed by atoms with van der Waals surface area (Å²) in [5, 5.41) is 18.1. The van der Waals surface area contributed by atoms with Gasteiger partial charge in [-0.3, -0.25) is 4.57 Å². The molecule has 0 unspecified atom stereocenters. The van der Waals surface area contributed by atoms with Crippen molar-refractivity contribution >= 4 is 0 Å². The van der Waals surface area contributed by atoms with Crippen molar-refractivity contribution in [1.29, 1.82) is 0 Å². The van der Waals surface area contributed by atoms with Crippen LogP contribution in [0.4, 0.5) is 0 Å². The van der Waals surface area contributed by atoms with Crippen molar-refractivity contribution in [2.75, 3.05) is 0 Å². The Morgan fingerprint density at radius 2 is 2.23 bits per heavy atom. The van der Waals surface area contributed by atoms with Gasteiger partial charge in [-0.15, -0.1) is 0 Å². The topological polar surface area (TPSA) is 78.2 Å². The minimum atomic E-state index is -0.366. The third-order valence-electron chi connectivity index (χ3n) is 1.92. The van der Waals surface area contributed by atoms with Crippen LogP contribution in [0.15, 0.2) is 4.79 Å². The van der Waals surface area contributed by atoms with Gasteiger partial charge >= 0.3 is 5.69 Å². The van der Waals surface area contributed by atoms with Crippen molar-refractivity contribution < 1.29 is 10.2 Å². The maximum Gasteiger partial charge on any atom is 0.328 e. The molecule has 1 aromatic heterocycles. The molecule has 0 atom stereocenters. The van der Waals surface area contributed by atoms with E-state index in [2.05, 4.69) is 4.98 Å². The summed E-state index contributed by atoms with van der Waals surface area (Å²) in [7, 11) is 0. The number of unbranched alkanes of at least 4 members (excludes halogenated alkanes) is 1. The standard InChI is InChI=1S/C8H14N2O3/c1-2-3-4-10-7(12)6(5-11)9-8(10)13/h11-12H,2-5H2,1H3,(H,9,13). The number of aromatic nitrogens is 2. The van der Waals surface area contributed by atoms with E-state index in [9.17, 15) is 9.90 Å². The van der Waals surface area contributed by atoms with E-state index >= 15 is 0 Å². The van der Waals surface area contributed by atoms with Crippen molar-refractivity contribution in [3.63, 3.8) is 0 Å². The molecule has 0 aromatic carbocycles. The molecule has 13 heavy (non-hydrogen) atoms. The second kappa shape index (κ2) is 4.13. The molecular weight excluding hydrogens is 172 g/mol. The number of imidazole rings is 1. The van der Waals surface area contributed by atoms with Crippen LogP contribution in [0.25, 0.3) is 0 Å². The Balaban J connectivity index is 2.92. The zero-order chi connectivity index (χ0) is 9.84. The minimum Gasteiger partial charge on any atom is -0.493 e. The van der Waals surface area contributed by atoms with Crippen molar-refractivity contribution in [3.05, 3.63) is 16.2 Å². The van der Waals surface area contributed by atoms with Crippen LogP contribution < -0.4 is 5.69 Å². The summed E-state index contributed by atoms with van der Waals surface area (Å²) in [5.41, 5.74) is -0.184. The quantitative estimate of drug-likeness (QED) is 0.627. The van der Waals surface area contributed by atoms with E-state index in [-0.39, 0.29) is 23.9 Å². The second-order valence-corrected chi connectivity index (χ2v) is 2.90. The molecule has 0 fully saturated rings. The van der Waals surface area contributed by atoms with Gasteiger partial charge in [-0.2, -0.15) is 0 Å². The van der Waals surface area contributed by atoms with E-state index in [0.29, 0.717) is 6.54 Å². The Morgan fingerprint density at radius 3 is 2.69 bits per heavy atom.